The van der Waals surface area contributed by atoms with Crippen molar-refractivity contribution >= 4 is 38.8 Å². The molecule has 0 spiro atoms. The molecule has 6 heteroatoms. The zero-order valence-corrected chi connectivity index (χ0v) is 12.1. The maximum atomic E-state index is 12.1. The third-order valence-electron chi connectivity index (χ3n) is 2.41. The largest absolute Gasteiger partial charge is 0.340 e. The minimum absolute atomic E-state index is 0.0995. The lowest BCUT2D eigenvalue weighted by atomic mass is 10.3. The Hall–Kier alpha value is -0.750. The van der Waals surface area contributed by atoms with Gasteiger partial charge >= 0.3 is 0 Å². The first-order chi connectivity index (χ1) is 8.08. The van der Waals surface area contributed by atoms with Gasteiger partial charge in [0.1, 0.15) is 5.69 Å². The first-order valence-electron chi connectivity index (χ1n) is 5.44. The predicted octanol–water partition coefficient (Wildman–Crippen LogP) is 2.66. The summed E-state index contributed by atoms with van der Waals surface area (Å²) in [6.45, 7) is 4.88. The average molecular weight is 316 g/mol. The molecule has 1 N–H and O–H groups in total. The van der Waals surface area contributed by atoms with Gasteiger partial charge in [-0.2, -0.15) is 0 Å². The molecule has 1 aliphatic heterocycles. The lowest BCUT2D eigenvalue weighted by Gasteiger charge is -2.12. The second-order valence-corrected chi connectivity index (χ2v) is 6.03. The first kappa shape index (κ1) is 12.7. The number of aromatic nitrogens is 1. The van der Waals surface area contributed by atoms with Crippen LogP contribution < -0.4 is 5.32 Å². The number of carbonyl (C=O) groups excluding carboxylic acids is 1. The van der Waals surface area contributed by atoms with Crippen molar-refractivity contribution in [3.8, 4) is 0 Å². The fourth-order valence-corrected chi connectivity index (χ4v) is 2.79. The molecule has 1 aliphatic rings. The molecular weight excluding hydrogens is 302 g/mol. The Morgan fingerprint density at radius 2 is 2.41 bits per heavy atom. The predicted molar refractivity (Wildman–Crippen MR) is 74.7 cm³/mol. The Kier molecular flexibility index (Phi) is 3.93. The Bertz CT molecular complexity index is 467. The highest BCUT2D eigenvalue weighted by molar-refractivity contribution is 9.10. The molecule has 0 bridgehead atoms. The van der Waals surface area contributed by atoms with Crippen molar-refractivity contribution in [1.29, 1.82) is 0 Å². The van der Waals surface area contributed by atoms with Crippen LogP contribution in [0.25, 0.3) is 0 Å². The van der Waals surface area contributed by atoms with Crippen molar-refractivity contribution in [3.05, 3.63) is 22.4 Å². The van der Waals surface area contributed by atoms with Crippen molar-refractivity contribution in [2.24, 2.45) is 4.99 Å². The number of nitrogens with zero attached hydrogens (tertiary/aromatic N) is 2. The Morgan fingerprint density at radius 1 is 1.65 bits per heavy atom. The van der Waals surface area contributed by atoms with E-state index >= 15 is 0 Å². The molecule has 0 unspecified atom stereocenters. The number of nitrogens with one attached hydrogen (secondary N) is 1. The van der Waals surface area contributed by atoms with Crippen molar-refractivity contribution in [2.75, 3.05) is 12.3 Å². The third kappa shape index (κ3) is 2.93. The molecule has 0 saturated heterocycles. The number of hydrogen-bond acceptors (Lipinski definition) is 3. The normalized spacial score (nSPS) is 15.2. The van der Waals surface area contributed by atoms with E-state index < -0.39 is 0 Å². The molecule has 0 aliphatic carbocycles. The lowest BCUT2D eigenvalue weighted by molar-refractivity contribution is 0.0967. The highest BCUT2D eigenvalue weighted by atomic mass is 79.9. The van der Waals surface area contributed by atoms with Crippen LogP contribution in [0.4, 0.5) is 0 Å². The average Bonchev–Trinajstić information content (AvgIpc) is 2.86. The molecule has 1 aromatic rings. The van der Waals surface area contributed by atoms with E-state index in [9.17, 15) is 4.79 Å². The molecule has 92 valence electrons. The van der Waals surface area contributed by atoms with E-state index in [1.807, 2.05) is 30.7 Å². The fraction of sp³-hybridized carbons (Fsp3) is 0.455. The number of hydrogen-bond donors (Lipinski definition) is 1. The summed E-state index contributed by atoms with van der Waals surface area (Å²) in [4.78, 5) is 16.3. The SMILES string of the molecule is CC(C)n1cc(Br)cc1C(=O)NC1=NCCS1. The van der Waals surface area contributed by atoms with Crippen LogP contribution in [0.3, 0.4) is 0 Å². The standard InChI is InChI=1S/C11H14BrN3OS/c1-7(2)15-6-8(12)5-9(15)10(16)14-11-13-3-4-17-11/h5-7H,3-4H2,1-2H3,(H,13,14,16). The smallest absolute Gasteiger partial charge is 0.273 e. The van der Waals surface area contributed by atoms with Gasteiger partial charge < -0.3 is 9.88 Å². The van der Waals surface area contributed by atoms with Gasteiger partial charge in [-0.25, -0.2) is 0 Å². The van der Waals surface area contributed by atoms with E-state index in [0.717, 1.165) is 21.9 Å². The van der Waals surface area contributed by atoms with Gasteiger partial charge in [0.15, 0.2) is 5.17 Å². The van der Waals surface area contributed by atoms with Crippen LogP contribution in [0.2, 0.25) is 0 Å². The number of aliphatic imine (C=N–C) groups is 1. The Morgan fingerprint density at radius 3 is 3.00 bits per heavy atom. The summed E-state index contributed by atoms with van der Waals surface area (Å²) in [5, 5.41) is 3.56. The number of carbonyl (C=O) groups is 1. The van der Waals surface area contributed by atoms with E-state index in [-0.39, 0.29) is 11.9 Å². The maximum Gasteiger partial charge on any atom is 0.273 e. The number of rotatable bonds is 2. The van der Waals surface area contributed by atoms with E-state index in [0.29, 0.717) is 5.69 Å². The number of halogens is 1. The van der Waals surface area contributed by atoms with Crippen LogP contribution in [0.1, 0.15) is 30.4 Å². The number of amidine groups is 1. The Labute approximate surface area is 113 Å². The minimum atomic E-state index is -0.0995. The van der Waals surface area contributed by atoms with Gasteiger partial charge in [-0.05, 0) is 35.8 Å². The zero-order chi connectivity index (χ0) is 12.4. The number of thioether (sulfide) groups is 1. The molecule has 0 atom stereocenters. The monoisotopic (exact) mass is 315 g/mol. The summed E-state index contributed by atoms with van der Waals surface area (Å²) in [6, 6.07) is 2.08. The summed E-state index contributed by atoms with van der Waals surface area (Å²) in [6.07, 6.45) is 1.92. The summed E-state index contributed by atoms with van der Waals surface area (Å²) in [5.41, 5.74) is 0.655. The fourth-order valence-electron chi connectivity index (χ4n) is 1.63. The molecule has 0 saturated carbocycles. The highest BCUT2D eigenvalue weighted by Gasteiger charge is 2.17. The summed E-state index contributed by atoms with van der Waals surface area (Å²) < 4.78 is 2.86. The zero-order valence-electron chi connectivity index (χ0n) is 9.74. The molecule has 0 radical (unpaired) electrons. The van der Waals surface area contributed by atoms with Gasteiger partial charge in [0, 0.05) is 22.5 Å². The van der Waals surface area contributed by atoms with Crippen LogP contribution >= 0.6 is 27.7 Å². The minimum Gasteiger partial charge on any atom is -0.340 e. The molecule has 0 aromatic carbocycles. The van der Waals surface area contributed by atoms with Crippen LogP contribution in [0.5, 0.6) is 0 Å². The maximum absolute atomic E-state index is 12.1. The van der Waals surface area contributed by atoms with Gasteiger partial charge in [-0.15, -0.1) is 0 Å². The molecule has 0 fully saturated rings. The van der Waals surface area contributed by atoms with Gasteiger partial charge in [0.25, 0.3) is 5.91 Å². The quantitative estimate of drug-likeness (QED) is 0.912. The Balaban J connectivity index is 2.18. The van der Waals surface area contributed by atoms with E-state index in [1.54, 1.807) is 11.8 Å². The summed E-state index contributed by atoms with van der Waals surface area (Å²) in [5.74, 6) is 0.849. The van der Waals surface area contributed by atoms with E-state index in [1.165, 1.54) is 0 Å². The second-order valence-electron chi connectivity index (χ2n) is 4.03. The van der Waals surface area contributed by atoms with Crippen LogP contribution in [0.15, 0.2) is 21.7 Å². The molecule has 2 heterocycles. The summed E-state index contributed by atoms with van der Waals surface area (Å²) in [7, 11) is 0. The van der Waals surface area contributed by atoms with Gasteiger partial charge in [0.2, 0.25) is 0 Å². The molecule has 4 nitrogen and oxygen atoms in total. The first-order valence-corrected chi connectivity index (χ1v) is 7.22. The van der Waals surface area contributed by atoms with Gasteiger partial charge in [0.05, 0.1) is 6.54 Å². The van der Waals surface area contributed by atoms with E-state index in [4.69, 9.17) is 0 Å². The van der Waals surface area contributed by atoms with Crippen LogP contribution in [0, 0.1) is 0 Å². The van der Waals surface area contributed by atoms with E-state index in [2.05, 4.69) is 26.2 Å². The molecule has 2 rings (SSSR count). The van der Waals surface area contributed by atoms with Crippen molar-refractivity contribution in [2.45, 2.75) is 19.9 Å². The van der Waals surface area contributed by atoms with Crippen LogP contribution in [-0.2, 0) is 0 Å². The second kappa shape index (κ2) is 5.27. The van der Waals surface area contributed by atoms with Gasteiger partial charge in [-0.3, -0.25) is 9.79 Å². The van der Waals surface area contributed by atoms with Crippen molar-refractivity contribution < 1.29 is 4.79 Å². The summed E-state index contributed by atoms with van der Waals surface area (Å²) >= 11 is 4.98. The molecule has 17 heavy (non-hydrogen) atoms. The van der Waals surface area contributed by atoms with Crippen LogP contribution in [-0.4, -0.2) is 27.9 Å². The molecular formula is C11H14BrN3OS. The third-order valence-corrected chi connectivity index (χ3v) is 3.74. The molecule has 1 amide bonds. The topological polar surface area (TPSA) is 46.4 Å². The van der Waals surface area contributed by atoms with Gasteiger partial charge in [-0.1, -0.05) is 11.8 Å². The van der Waals surface area contributed by atoms with Crippen molar-refractivity contribution in [1.82, 2.24) is 9.88 Å². The lowest BCUT2D eigenvalue weighted by Crippen LogP contribution is -2.29. The molecule has 1 aromatic heterocycles. The number of amides is 1. The van der Waals surface area contributed by atoms with Crippen molar-refractivity contribution in [3.63, 3.8) is 0 Å². The highest BCUT2D eigenvalue weighted by Crippen LogP contribution is 2.20.